The molecule has 5 nitrogen and oxygen atoms in total. The number of nitrogens with two attached hydrogens (primary N) is 1. The first-order chi connectivity index (χ1) is 10.1. The van der Waals surface area contributed by atoms with Gasteiger partial charge in [-0.15, -0.1) is 0 Å². The van der Waals surface area contributed by atoms with Crippen LogP contribution >= 0.6 is 0 Å². The van der Waals surface area contributed by atoms with Crippen molar-refractivity contribution in [2.24, 2.45) is 11.1 Å². The summed E-state index contributed by atoms with van der Waals surface area (Å²) in [4.78, 5) is 13.8. The van der Waals surface area contributed by atoms with Crippen molar-refractivity contribution in [1.82, 2.24) is 4.90 Å². The SMILES string of the molecule is [2H]CC1(CO)CCN(C(=O)CCCCCN)CC1.[3H]OC. The van der Waals surface area contributed by atoms with Gasteiger partial charge in [0.25, 0.3) is 0 Å². The summed E-state index contributed by atoms with van der Waals surface area (Å²) in [6.07, 6.45) is 5.02. The number of nitrogens with zero attached hydrogens (tertiary/aromatic N) is 1. The highest BCUT2D eigenvalue weighted by Crippen LogP contribution is 2.30. The van der Waals surface area contributed by atoms with Crippen molar-refractivity contribution in [3.8, 4) is 0 Å². The van der Waals surface area contributed by atoms with Crippen molar-refractivity contribution in [2.75, 3.05) is 33.4 Å². The zero-order valence-corrected chi connectivity index (χ0v) is 12.1. The molecule has 0 aromatic rings. The lowest BCUT2D eigenvalue weighted by Crippen LogP contribution is -2.43. The van der Waals surface area contributed by atoms with Gasteiger partial charge in [-0.25, -0.2) is 0 Å². The van der Waals surface area contributed by atoms with E-state index in [1.807, 2.05) is 4.90 Å². The maximum absolute atomic E-state index is 11.9. The number of aliphatic hydroxyl groups excluding tert-OH is 2. The number of rotatable bonds is 6. The van der Waals surface area contributed by atoms with E-state index in [2.05, 4.69) is 5.11 Å². The largest absolute Gasteiger partial charge is 0.400 e. The molecule has 1 rings (SSSR count). The Morgan fingerprint density at radius 3 is 2.58 bits per heavy atom. The van der Waals surface area contributed by atoms with Gasteiger partial charge in [0.05, 0.1) is 0 Å². The molecule has 0 aromatic heterocycles. The lowest BCUT2D eigenvalue weighted by molar-refractivity contribution is -0.133. The molecule has 4 N–H and O–H groups in total. The Labute approximate surface area is 119 Å². The second-order valence-corrected chi connectivity index (χ2v) is 5.14. The van der Waals surface area contributed by atoms with Crippen LogP contribution in [-0.4, -0.2) is 55.8 Å². The zero-order chi connectivity index (χ0) is 16.1. The molecule has 1 amide bonds. The van der Waals surface area contributed by atoms with Crippen LogP contribution in [0, 0.1) is 5.41 Å². The number of aliphatic hydroxyl groups is 2. The molecule has 0 aliphatic carbocycles. The third-order valence-corrected chi connectivity index (χ3v) is 3.61. The van der Waals surface area contributed by atoms with Gasteiger partial charge in [0.1, 0.15) is 0 Å². The van der Waals surface area contributed by atoms with E-state index in [0.29, 0.717) is 26.1 Å². The molecule has 0 unspecified atom stereocenters. The van der Waals surface area contributed by atoms with Crippen molar-refractivity contribution < 1.29 is 16.4 Å². The number of piperidine rings is 1. The minimum atomic E-state index is -0.268. The fraction of sp³-hybridized carbons (Fsp3) is 0.929. The first-order valence-corrected chi connectivity index (χ1v) is 6.96. The van der Waals surface area contributed by atoms with Crippen LogP contribution in [-0.2, 0) is 4.79 Å². The number of unbranched alkanes of at least 4 members (excludes halogenated alkanes) is 2. The Hall–Kier alpha value is -0.650. The first kappa shape index (κ1) is 14.8. The van der Waals surface area contributed by atoms with Crippen molar-refractivity contribution in [2.45, 2.75) is 45.4 Å². The summed E-state index contributed by atoms with van der Waals surface area (Å²) in [5.41, 5.74) is 5.14. The molecular weight excluding hydrogens is 244 g/mol. The average Bonchev–Trinajstić information content (AvgIpc) is 2.52. The molecule has 1 aliphatic heterocycles. The summed E-state index contributed by atoms with van der Waals surface area (Å²) in [6, 6.07) is 0. The molecule has 0 spiro atoms. The second-order valence-electron chi connectivity index (χ2n) is 5.14. The van der Waals surface area contributed by atoms with Crippen LogP contribution in [0.25, 0.3) is 0 Å². The highest BCUT2D eigenvalue weighted by Gasteiger charge is 2.30. The first-order valence-electron chi connectivity index (χ1n) is 8.08. The molecule has 19 heavy (non-hydrogen) atoms. The third kappa shape index (κ3) is 6.89. The topological polar surface area (TPSA) is 86.8 Å². The van der Waals surface area contributed by atoms with Gasteiger partial charge in [-0.2, -0.15) is 0 Å². The molecule has 0 aromatic carbocycles. The fourth-order valence-electron chi connectivity index (χ4n) is 2.14. The van der Waals surface area contributed by atoms with E-state index in [9.17, 15) is 9.90 Å². The Morgan fingerprint density at radius 2 is 2.11 bits per heavy atom. The molecule has 0 atom stereocenters. The van der Waals surface area contributed by atoms with E-state index in [4.69, 9.17) is 8.54 Å². The number of likely N-dealkylation sites (tertiary alicyclic amines) is 1. The van der Waals surface area contributed by atoms with E-state index in [-0.39, 0.29) is 24.8 Å². The Bertz CT molecular complexity index is 267. The summed E-state index contributed by atoms with van der Waals surface area (Å²) in [7, 11) is 1.29. The van der Waals surface area contributed by atoms with Gasteiger partial charge in [0.15, 0.2) is 0 Å². The normalized spacial score (nSPS) is 19.0. The van der Waals surface area contributed by atoms with Gasteiger partial charge in [-0.1, -0.05) is 13.3 Å². The molecule has 5 heteroatoms. The van der Waals surface area contributed by atoms with Gasteiger partial charge in [0.2, 0.25) is 7.34 Å². The van der Waals surface area contributed by atoms with Crippen molar-refractivity contribution in [3.63, 3.8) is 0 Å². The molecule has 1 fully saturated rings. The minimum absolute atomic E-state index is 0.0645. The third-order valence-electron chi connectivity index (χ3n) is 3.61. The Kier molecular flexibility index (Phi) is 7.90. The lowest BCUT2D eigenvalue weighted by Gasteiger charge is -2.38. The molecule has 1 heterocycles. The Morgan fingerprint density at radius 1 is 1.47 bits per heavy atom. The van der Waals surface area contributed by atoms with Crippen LogP contribution < -0.4 is 5.73 Å². The highest BCUT2D eigenvalue weighted by atomic mass is 16.3. The summed E-state index contributed by atoms with van der Waals surface area (Å²) >= 11 is 0. The van der Waals surface area contributed by atoms with Crippen LogP contribution in [0.1, 0.15) is 46.8 Å². The van der Waals surface area contributed by atoms with Crippen LogP contribution in [0.2, 0.25) is 0 Å². The van der Waals surface area contributed by atoms with Crippen LogP contribution in [0.4, 0.5) is 0 Å². The van der Waals surface area contributed by atoms with Gasteiger partial charge >= 0.3 is 0 Å². The van der Waals surface area contributed by atoms with Gasteiger partial charge < -0.3 is 20.8 Å². The van der Waals surface area contributed by atoms with E-state index < -0.39 is 0 Å². The quantitative estimate of drug-likeness (QED) is 0.625. The maximum atomic E-state index is 11.9. The number of hydrogen-bond donors (Lipinski definition) is 3. The predicted octanol–water partition coefficient (Wildman–Crippen LogP) is 0.735. The number of hydrogen-bond acceptors (Lipinski definition) is 4. The molecule has 1 aliphatic rings. The fourth-order valence-corrected chi connectivity index (χ4v) is 2.14. The standard InChI is InChI=1S/C13H26N2O2.CH4O/c1-13(11-16)6-9-15(10-7-13)12(17)5-3-2-4-8-14;1-2/h16H,2-11,14H2,1H3;2H,1H3/i1D;2T. The van der Waals surface area contributed by atoms with E-state index in [1.54, 1.807) is 0 Å². The van der Waals surface area contributed by atoms with Gasteiger partial charge in [0, 0.05) is 34.6 Å². The molecule has 114 valence electrons. The average molecular weight is 277 g/mol. The van der Waals surface area contributed by atoms with Crippen molar-refractivity contribution in [1.29, 1.82) is 1.43 Å². The summed E-state index contributed by atoms with van der Waals surface area (Å²) < 4.78 is 13.2. The van der Waals surface area contributed by atoms with E-state index >= 15 is 0 Å². The number of carbonyl (C=O) groups is 1. The summed E-state index contributed by atoms with van der Waals surface area (Å²) in [6.45, 7) is 2.39. The van der Waals surface area contributed by atoms with E-state index in [1.165, 1.54) is 7.11 Å². The maximum Gasteiger partial charge on any atom is 0.222 e. The molecular formula is C14H30N2O3. The van der Waals surface area contributed by atoms with Crippen LogP contribution in [0.3, 0.4) is 0 Å². The van der Waals surface area contributed by atoms with Crippen LogP contribution in [0.5, 0.6) is 0 Å². The van der Waals surface area contributed by atoms with Gasteiger partial charge in [-0.05, 0) is 37.6 Å². The zero-order valence-electron chi connectivity index (χ0n) is 14.1. The smallest absolute Gasteiger partial charge is 0.222 e. The predicted molar refractivity (Wildman–Crippen MR) is 76.7 cm³/mol. The lowest BCUT2D eigenvalue weighted by atomic mass is 9.81. The molecule has 0 saturated carbocycles. The van der Waals surface area contributed by atoms with Crippen molar-refractivity contribution in [3.05, 3.63) is 0 Å². The summed E-state index contributed by atoms with van der Waals surface area (Å²) in [5, 5.41) is 12.8. The van der Waals surface area contributed by atoms with Gasteiger partial charge in [-0.3, -0.25) is 4.79 Å². The highest BCUT2D eigenvalue weighted by molar-refractivity contribution is 5.76. The number of amides is 1. The van der Waals surface area contributed by atoms with E-state index in [0.717, 1.165) is 32.1 Å². The monoisotopic (exact) mass is 277 g/mol. The molecule has 1 saturated heterocycles. The number of carbonyl (C=O) groups excluding carboxylic acids is 1. The molecule has 0 bridgehead atoms. The molecule has 0 radical (unpaired) electrons. The van der Waals surface area contributed by atoms with Crippen molar-refractivity contribution >= 4 is 5.91 Å². The summed E-state index contributed by atoms with van der Waals surface area (Å²) in [5.74, 6) is 0.212. The minimum Gasteiger partial charge on any atom is -0.400 e. The van der Waals surface area contributed by atoms with Crippen LogP contribution in [0.15, 0.2) is 0 Å². The second kappa shape index (κ2) is 10.2. The Balaban J connectivity index is 0.00000122.